The van der Waals surface area contributed by atoms with E-state index in [0.29, 0.717) is 5.56 Å². The molecule has 2 heteroatoms. The summed E-state index contributed by atoms with van der Waals surface area (Å²) in [6.07, 6.45) is 0. The van der Waals surface area contributed by atoms with Gasteiger partial charge in [-0.25, -0.2) is 4.79 Å². The average molecular weight is 236 g/mol. The highest BCUT2D eigenvalue weighted by Gasteiger charge is 2.13. The molecule has 1 N–H and O–H groups in total. The highest BCUT2D eigenvalue weighted by atomic mass is 16.4. The summed E-state index contributed by atoms with van der Waals surface area (Å²) >= 11 is 0. The van der Waals surface area contributed by atoms with Gasteiger partial charge in [0.25, 0.3) is 0 Å². The molecule has 88 valence electrons. The predicted molar refractivity (Wildman–Crippen MR) is 73.2 cm³/mol. The first-order valence-corrected chi connectivity index (χ1v) is 5.82. The number of hydrogen-bond acceptors (Lipinski definition) is 1. The van der Waals surface area contributed by atoms with Crippen LogP contribution in [0.3, 0.4) is 0 Å². The van der Waals surface area contributed by atoms with Gasteiger partial charge in [-0.15, -0.1) is 0 Å². The number of carbonyl (C=O) groups is 1. The summed E-state index contributed by atoms with van der Waals surface area (Å²) in [6.45, 7) is 1.97. The van der Waals surface area contributed by atoms with Gasteiger partial charge in [-0.2, -0.15) is 0 Å². The minimum Gasteiger partial charge on any atom is -0.478 e. The molecule has 0 aliphatic rings. The largest absolute Gasteiger partial charge is 0.478 e. The molecule has 0 fully saturated rings. The van der Waals surface area contributed by atoms with Crippen molar-refractivity contribution in [3.63, 3.8) is 0 Å². The van der Waals surface area contributed by atoms with Gasteiger partial charge >= 0.3 is 5.97 Å². The van der Waals surface area contributed by atoms with Gasteiger partial charge < -0.3 is 5.11 Å². The molecule has 0 saturated heterocycles. The van der Waals surface area contributed by atoms with Crippen molar-refractivity contribution in [3.8, 4) is 0 Å². The first kappa shape index (κ1) is 10.8. The Morgan fingerprint density at radius 2 is 1.67 bits per heavy atom. The van der Waals surface area contributed by atoms with E-state index in [0.717, 1.165) is 27.1 Å². The zero-order valence-corrected chi connectivity index (χ0v) is 9.97. The summed E-state index contributed by atoms with van der Waals surface area (Å²) in [5.41, 5.74) is 1.46. The first-order chi connectivity index (χ1) is 8.66. The summed E-state index contributed by atoms with van der Waals surface area (Å²) in [6, 6.07) is 15.6. The molecule has 0 aliphatic carbocycles. The lowest BCUT2D eigenvalue weighted by atomic mass is 9.96. The van der Waals surface area contributed by atoms with Crippen molar-refractivity contribution in [2.24, 2.45) is 0 Å². The number of benzene rings is 3. The van der Waals surface area contributed by atoms with Crippen molar-refractivity contribution in [3.05, 3.63) is 59.7 Å². The number of aryl methyl sites for hydroxylation is 1. The number of rotatable bonds is 1. The van der Waals surface area contributed by atoms with Crippen LogP contribution in [0.15, 0.2) is 48.5 Å². The van der Waals surface area contributed by atoms with Crippen LogP contribution in [0.25, 0.3) is 21.5 Å². The Bertz CT molecular complexity index is 772. The molecule has 0 spiro atoms. The summed E-state index contributed by atoms with van der Waals surface area (Å²) in [5, 5.41) is 13.0. The van der Waals surface area contributed by atoms with Gasteiger partial charge in [-0.3, -0.25) is 0 Å². The van der Waals surface area contributed by atoms with Crippen molar-refractivity contribution in [1.29, 1.82) is 0 Å². The molecule has 0 heterocycles. The molecule has 0 aromatic heterocycles. The van der Waals surface area contributed by atoms with Gasteiger partial charge in [0.2, 0.25) is 0 Å². The van der Waals surface area contributed by atoms with E-state index in [4.69, 9.17) is 0 Å². The van der Waals surface area contributed by atoms with Crippen LogP contribution in [0.5, 0.6) is 0 Å². The van der Waals surface area contributed by atoms with Crippen molar-refractivity contribution < 1.29 is 9.90 Å². The van der Waals surface area contributed by atoms with Crippen LogP contribution in [0.4, 0.5) is 0 Å². The van der Waals surface area contributed by atoms with Crippen LogP contribution in [-0.2, 0) is 0 Å². The van der Waals surface area contributed by atoms with Crippen LogP contribution in [-0.4, -0.2) is 11.1 Å². The number of carboxylic acids is 1. The van der Waals surface area contributed by atoms with Gasteiger partial charge in [0, 0.05) is 0 Å². The average Bonchev–Trinajstić information content (AvgIpc) is 2.35. The van der Waals surface area contributed by atoms with Gasteiger partial charge in [-0.1, -0.05) is 48.0 Å². The summed E-state index contributed by atoms with van der Waals surface area (Å²) in [5.74, 6) is -0.873. The molecule has 0 aliphatic heterocycles. The van der Waals surface area contributed by atoms with Gasteiger partial charge in [-0.05, 0) is 34.5 Å². The zero-order valence-electron chi connectivity index (χ0n) is 9.97. The second-order valence-corrected chi connectivity index (χ2v) is 4.50. The molecule has 0 unspecified atom stereocenters. The van der Waals surface area contributed by atoms with Crippen LogP contribution in [0.2, 0.25) is 0 Å². The SMILES string of the molecule is Cc1ccc2cc3ccccc3c(C(=O)O)c2c1. The smallest absolute Gasteiger partial charge is 0.336 e. The van der Waals surface area contributed by atoms with Gasteiger partial charge in [0.1, 0.15) is 0 Å². The molecular formula is C16H12O2. The van der Waals surface area contributed by atoms with Crippen molar-refractivity contribution in [2.75, 3.05) is 0 Å². The number of fused-ring (bicyclic) bond motifs is 2. The molecule has 0 amide bonds. The number of hydrogen-bond donors (Lipinski definition) is 1. The quantitative estimate of drug-likeness (QED) is 0.648. The third-order valence-corrected chi connectivity index (χ3v) is 3.23. The van der Waals surface area contributed by atoms with E-state index in [9.17, 15) is 9.90 Å². The minimum absolute atomic E-state index is 0.395. The maximum atomic E-state index is 11.5. The molecule has 0 radical (unpaired) electrons. The molecule has 3 aromatic rings. The van der Waals surface area contributed by atoms with E-state index in [1.165, 1.54) is 0 Å². The Hall–Kier alpha value is -2.35. The third kappa shape index (κ3) is 1.54. The Kier molecular flexibility index (Phi) is 2.30. The van der Waals surface area contributed by atoms with E-state index >= 15 is 0 Å². The van der Waals surface area contributed by atoms with Crippen LogP contribution < -0.4 is 0 Å². The minimum atomic E-state index is -0.873. The summed E-state index contributed by atoms with van der Waals surface area (Å²) in [4.78, 5) is 11.5. The fourth-order valence-corrected chi connectivity index (χ4v) is 2.41. The van der Waals surface area contributed by atoms with Crippen LogP contribution in [0.1, 0.15) is 15.9 Å². The number of carboxylic acid groups (broad SMARTS) is 1. The predicted octanol–water partition coefficient (Wildman–Crippen LogP) is 4.00. The fraction of sp³-hybridized carbons (Fsp3) is 0.0625. The highest BCUT2D eigenvalue weighted by Crippen LogP contribution is 2.29. The Morgan fingerprint density at radius 3 is 2.44 bits per heavy atom. The maximum absolute atomic E-state index is 11.5. The lowest BCUT2D eigenvalue weighted by molar-refractivity contribution is 0.0701. The third-order valence-electron chi connectivity index (χ3n) is 3.23. The lowest BCUT2D eigenvalue weighted by Crippen LogP contribution is -1.99. The van der Waals surface area contributed by atoms with E-state index in [-0.39, 0.29) is 0 Å². The van der Waals surface area contributed by atoms with Gasteiger partial charge in [0.15, 0.2) is 0 Å². The van der Waals surface area contributed by atoms with Crippen LogP contribution in [0, 0.1) is 6.92 Å². The molecule has 0 bridgehead atoms. The van der Waals surface area contributed by atoms with Gasteiger partial charge in [0.05, 0.1) is 5.56 Å². The molecule has 18 heavy (non-hydrogen) atoms. The van der Waals surface area contributed by atoms with E-state index in [1.54, 1.807) is 0 Å². The first-order valence-electron chi connectivity index (χ1n) is 5.82. The van der Waals surface area contributed by atoms with Crippen molar-refractivity contribution >= 4 is 27.5 Å². The Morgan fingerprint density at radius 1 is 0.944 bits per heavy atom. The normalized spacial score (nSPS) is 10.9. The standard InChI is InChI=1S/C16H12O2/c1-10-6-7-12-9-11-4-2-3-5-13(11)15(16(17)18)14(12)8-10/h2-9H,1H3,(H,17,18). The highest BCUT2D eigenvalue weighted by molar-refractivity contribution is 6.16. The van der Waals surface area contributed by atoms with Crippen molar-refractivity contribution in [1.82, 2.24) is 0 Å². The number of aromatic carboxylic acids is 1. The van der Waals surface area contributed by atoms with E-state index < -0.39 is 5.97 Å². The lowest BCUT2D eigenvalue weighted by Gasteiger charge is -2.08. The maximum Gasteiger partial charge on any atom is 0.336 e. The second kappa shape index (κ2) is 3.84. The second-order valence-electron chi connectivity index (χ2n) is 4.50. The Labute approximate surface area is 104 Å². The van der Waals surface area contributed by atoms with Crippen LogP contribution >= 0.6 is 0 Å². The monoisotopic (exact) mass is 236 g/mol. The molecule has 3 aromatic carbocycles. The van der Waals surface area contributed by atoms with Crippen molar-refractivity contribution in [2.45, 2.75) is 6.92 Å². The van der Waals surface area contributed by atoms with E-state index in [1.807, 2.05) is 55.5 Å². The molecule has 3 rings (SSSR count). The fourth-order valence-electron chi connectivity index (χ4n) is 2.41. The summed E-state index contributed by atoms with van der Waals surface area (Å²) in [7, 11) is 0. The molecule has 2 nitrogen and oxygen atoms in total. The molecule has 0 atom stereocenters. The summed E-state index contributed by atoms with van der Waals surface area (Å²) < 4.78 is 0. The molecule has 0 saturated carbocycles. The zero-order chi connectivity index (χ0) is 12.7. The Balaban J connectivity index is 2.59. The molecular weight excluding hydrogens is 224 g/mol. The topological polar surface area (TPSA) is 37.3 Å². The van der Waals surface area contributed by atoms with E-state index in [2.05, 4.69) is 0 Å².